The third-order valence-electron chi connectivity index (χ3n) is 2.54. The summed E-state index contributed by atoms with van der Waals surface area (Å²) in [6, 6.07) is 7.77. The molecule has 0 aliphatic carbocycles. The van der Waals surface area contributed by atoms with E-state index < -0.39 is 0 Å². The number of nitrogens with one attached hydrogen (secondary N) is 1. The van der Waals surface area contributed by atoms with E-state index in [1.807, 2.05) is 37.4 Å². The van der Waals surface area contributed by atoms with Crippen molar-refractivity contribution in [3.63, 3.8) is 0 Å². The van der Waals surface area contributed by atoms with Gasteiger partial charge in [-0.2, -0.15) is 0 Å². The lowest BCUT2D eigenvalue weighted by Crippen LogP contribution is -1.98. The molecular weight excluding hydrogens is 222 g/mol. The van der Waals surface area contributed by atoms with E-state index in [2.05, 4.69) is 28.4 Å². The first-order valence-corrected chi connectivity index (χ1v) is 5.68. The zero-order valence-corrected chi connectivity index (χ0v) is 10.4. The van der Waals surface area contributed by atoms with Crippen molar-refractivity contribution in [2.75, 3.05) is 5.32 Å². The van der Waals surface area contributed by atoms with Crippen LogP contribution in [0.25, 0.3) is 12.2 Å². The molecule has 2 rings (SSSR count). The minimum absolute atomic E-state index is 0.742. The number of nitrogens with zero attached hydrogens (tertiary/aromatic N) is 2. The summed E-state index contributed by atoms with van der Waals surface area (Å²) >= 11 is 0. The fraction of sp³-hybridized carbons (Fsp3) is 0.0667. The maximum absolute atomic E-state index is 4.44. The Labute approximate surface area is 107 Å². The van der Waals surface area contributed by atoms with E-state index in [-0.39, 0.29) is 0 Å². The van der Waals surface area contributed by atoms with Crippen LogP contribution in [0.1, 0.15) is 16.8 Å². The normalized spacial score (nSPS) is 9.83. The van der Waals surface area contributed by atoms with Crippen LogP contribution in [-0.4, -0.2) is 9.97 Å². The average molecular weight is 237 g/mol. The topological polar surface area (TPSA) is 37.8 Å². The molecule has 0 aromatic carbocycles. The lowest BCUT2D eigenvalue weighted by atomic mass is 10.2. The Morgan fingerprint density at radius 1 is 1.06 bits per heavy atom. The van der Waals surface area contributed by atoms with Gasteiger partial charge >= 0.3 is 0 Å². The van der Waals surface area contributed by atoms with Gasteiger partial charge in [-0.1, -0.05) is 25.3 Å². The van der Waals surface area contributed by atoms with Crippen LogP contribution in [0.3, 0.4) is 0 Å². The van der Waals surface area contributed by atoms with Gasteiger partial charge in [-0.25, -0.2) is 9.97 Å². The van der Waals surface area contributed by atoms with Crippen molar-refractivity contribution in [3.05, 3.63) is 60.4 Å². The second kappa shape index (κ2) is 5.27. The van der Waals surface area contributed by atoms with E-state index in [9.17, 15) is 0 Å². The Morgan fingerprint density at radius 2 is 1.83 bits per heavy atom. The molecule has 0 unspecified atom stereocenters. The van der Waals surface area contributed by atoms with Crippen LogP contribution in [0, 0.1) is 6.92 Å². The van der Waals surface area contributed by atoms with Crippen molar-refractivity contribution in [1.82, 2.24) is 9.97 Å². The molecule has 3 heteroatoms. The third kappa shape index (κ3) is 2.63. The Morgan fingerprint density at radius 3 is 2.44 bits per heavy atom. The predicted molar refractivity (Wildman–Crippen MR) is 76.7 cm³/mol. The molecule has 2 aromatic heterocycles. The second-order valence-electron chi connectivity index (χ2n) is 3.92. The summed E-state index contributed by atoms with van der Waals surface area (Å²) in [6.45, 7) is 9.49. The molecule has 0 amide bonds. The molecule has 0 aliphatic rings. The highest BCUT2D eigenvalue weighted by atomic mass is 15.1. The Hall–Kier alpha value is -2.42. The Kier molecular flexibility index (Phi) is 3.53. The summed E-state index contributed by atoms with van der Waals surface area (Å²) in [5.74, 6) is 1.52. The Balaban J connectivity index is 2.26. The number of pyridine rings is 2. The van der Waals surface area contributed by atoms with Crippen molar-refractivity contribution in [3.8, 4) is 0 Å². The third-order valence-corrected chi connectivity index (χ3v) is 2.54. The lowest BCUT2D eigenvalue weighted by Gasteiger charge is -2.07. The molecule has 0 radical (unpaired) electrons. The van der Waals surface area contributed by atoms with Crippen LogP contribution >= 0.6 is 0 Å². The molecular formula is C15H15N3. The van der Waals surface area contributed by atoms with E-state index in [1.165, 1.54) is 0 Å². The molecule has 0 spiro atoms. The molecule has 18 heavy (non-hydrogen) atoms. The maximum atomic E-state index is 4.44. The van der Waals surface area contributed by atoms with Gasteiger partial charge in [0.25, 0.3) is 0 Å². The lowest BCUT2D eigenvalue weighted by molar-refractivity contribution is 1.22. The number of hydrogen-bond donors (Lipinski definition) is 1. The summed E-state index contributed by atoms with van der Waals surface area (Å²) in [5, 5.41) is 3.15. The molecule has 0 saturated heterocycles. The second-order valence-corrected chi connectivity index (χ2v) is 3.92. The first-order chi connectivity index (χ1) is 8.72. The summed E-state index contributed by atoms with van der Waals surface area (Å²) < 4.78 is 0. The number of aryl methyl sites for hydroxylation is 1. The molecule has 0 aliphatic heterocycles. The number of anilines is 2. The minimum Gasteiger partial charge on any atom is -0.325 e. The molecule has 0 bridgehead atoms. The first kappa shape index (κ1) is 12.0. The Bertz CT molecular complexity index is 571. The van der Waals surface area contributed by atoms with Crippen molar-refractivity contribution in [2.24, 2.45) is 0 Å². The fourth-order valence-electron chi connectivity index (χ4n) is 1.56. The largest absolute Gasteiger partial charge is 0.325 e. The molecule has 3 nitrogen and oxygen atoms in total. The zero-order valence-electron chi connectivity index (χ0n) is 10.4. The van der Waals surface area contributed by atoms with E-state index in [4.69, 9.17) is 0 Å². The molecule has 0 atom stereocenters. The van der Waals surface area contributed by atoms with Crippen LogP contribution in [0.15, 0.2) is 43.6 Å². The monoisotopic (exact) mass is 237 g/mol. The van der Waals surface area contributed by atoms with Crippen molar-refractivity contribution >= 4 is 23.8 Å². The van der Waals surface area contributed by atoms with Crippen LogP contribution in [0.4, 0.5) is 11.6 Å². The molecule has 0 saturated carbocycles. The van der Waals surface area contributed by atoms with E-state index >= 15 is 0 Å². The minimum atomic E-state index is 0.742. The summed E-state index contributed by atoms with van der Waals surface area (Å²) in [4.78, 5) is 8.71. The maximum Gasteiger partial charge on any atom is 0.132 e. The van der Waals surface area contributed by atoms with Crippen LogP contribution in [-0.2, 0) is 0 Å². The number of aromatic nitrogens is 2. The molecule has 2 heterocycles. The van der Waals surface area contributed by atoms with Gasteiger partial charge in [0, 0.05) is 6.20 Å². The van der Waals surface area contributed by atoms with Gasteiger partial charge in [-0.3, -0.25) is 0 Å². The summed E-state index contributed by atoms with van der Waals surface area (Å²) in [7, 11) is 0. The van der Waals surface area contributed by atoms with E-state index in [0.29, 0.717) is 0 Å². The van der Waals surface area contributed by atoms with E-state index in [1.54, 1.807) is 12.2 Å². The number of hydrogen-bond acceptors (Lipinski definition) is 3. The number of rotatable bonds is 4. The smallest absolute Gasteiger partial charge is 0.132 e. The van der Waals surface area contributed by atoms with Crippen molar-refractivity contribution in [2.45, 2.75) is 6.92 Å². The first-order valence-electron chi connectivity index (χ1n) is 5.68. The van der Waals surface area contributed by atoms with Gasteiger partial charge in [0.05, 0.1) is 5.69 Å². The van der Waals surface area contributed by atoms with Crippen LogP contribution < -0.4 is 5.32 Å². The van der Waals surface area contributed by atoms with Gasteiger partial charge in [0.1, 0.15) is 11.6 Å². The van der Waals surface area contributed by atoms with Gasteiger partial charge in [-0.15, -0.1) is 0 Å². The van der Waals surface area contributed by atoms with Crippen molar-refractivity contribution < 1.29 is 0 Å². The molecule has 0 fully saturated rings. The average Bonchev–Trinajstić information content (AvgIpc) is 2.41. The van der Waals surface area contributed by atoms with Gasteiger partial charge in [-0.05, 0) is 42.3 Å². The van der Waals surface area contributed by atoms with Crippen molar-refractivity contribution in [1.29, 1.82) is 0 Å². The SMILES string of the molecule is C=Cc1ccc(Nc2ccc(C)cn2)nc1C=C. The van der Waals surface area contributed by atoms with Crippen LogP contribution in [0.2, 0.25) is 0 Å². The fourth-order valence-corrected chi connectivity index (χ4v) is 1.56. The van der Waals surface area contributed by atoms with Gasteiger partial charge < -0.3 is 5.32 Å². The highest BCUT2D eigenvalue weighted by molar-refractivity contribution is 5.64. The molecule has 2 aromatic rings. The zero-order chi connectivity index (χ0) is 13.0. The summed E-state index contributed by atoms with van der Waals surface area (Å²) in [5.41, 5.74) is 2.90. The molecule has 90 valence electrons. The van der Waals surface area contributed by atoms with Gasteiger partial charge in [0.15, 0.2) is 0 Å². The highest BCUT2D eigenvalue weighted by Crippen LogP contribution is 2.17. The van der Waals surface area contributed by atoms with Gasteiger partial charge in [0.2, 0.25) is 0 Å². The predicted octanol–water partition coefficient (Wildman–Crippen LogP) is 3.81. The molecule has 1 N–H and O–H groups in total. The highest BCUT2D eigenvalue weighted by Gasteiger charge is 2.01. The quantitative estimate of drug-likeness (QED) is 0.878. The standard InChI is InChI=1S/C15H15N3/c1-4-12-7-9-15(17-13(12)5-2)18-14-8-6-11(3)10-16-14/h4-10H,1-2H2,3H3,(H,16,17,18). The van der Waals surface area contributed by atoms with E-state index in [0.717, 1.165) is 28.5 Å². The summed E-state index contributed by atoms with van der Waals surface area (Å²) in [6.07, 6.45) is 5.29. The van der Waals surface area contributed by atoms with Crippen LogP contribution in [0.5, 0.6) is 0 Å².